The summed E-state index contributed by atoms with van der Waals surface area (Å²) in [6.45, 7) is 4.18. The van der Waals surface area contributed by atoms with Crippen LogP contribution < -0.4 is 9.80 Å². The van der Waals surface area contributed by atoms with E-state index in [2.05, 4.69) is 20.0 Å². The van der Waals surface area contributed by atoms with Gasteiger partial charge in [-0.1, -0.05) is 30.3 Å². The standard InChI is InChI=1S/C21H27N5O2S/c27-29(28,18-11-19-7-3-1-4-8-19)26-16-14-25(15-17-26)21-10-9-20(22-23-21)24-12-5-2-6-13-24/h1,3-4,7-11,18H,2,5-6,12-17H2/b18-11+. The lowest BCUT2D eigenvalue weighted by molar-refractivity contribution is 0.388. The highest BCUT2D eigenvalue weighted by Gasteiger charge is 2.26. The fraction of sp³-hybridized carbons (Fsp3) is 0.429. The minimum atomic E-state index is -3.42. The minimum absolute atomic E-state index is 0.441. The van der Waals surface area contributed by atoms with Crippen molar-refractivity contribution in [2.45, 2.75) is 19.3 Å². The molecule has 0 spiro atoms. The summed E-state index contributed by atoms with van der Waals surface area (Å²) in [6, 6.07) is 13.5. The zero-order valence-electron chi connectivity index (χ0n) is 16.5. The molecule has 0 saturated carbocycles. The van der Waals surface area contributed by atoms with E-state index in [0.29, 0.717) is 26.2 Å². The van der Waals surface area contributed by atoms with Crippen LogP contribution in [0.2, 0.25) is 0 Å². The number of sulfonamides is 1. The Labute approximate surface area is 172 Å². The molecule has 4 rings (SSSR count). The molecule has 2 aliphatic heterocycles. The van der Waals surface area contributed by atoms with Crippen molar-refractivity contribution in [1.29, 1.82) is 0 Å². The van der Waals surface area contributed by atoms with Crippen LogP contribution in [0.1, 0.15) is 24.8 Å². The molecule has 2 saturated heterocycles. The third-order valence-electron chi connectivity index (χ3n) is 5.47. The van der Waals surface area contributed by atoms with E-state index in [1.807, 2.05) is 42.5 Å². The van der Waals surface area contributed by atoms with E-state index in [4.69, 9.17) is 0 Å². The molecular weight excluding hydrogens is 386 g/mol. The second kappa shape index (κ2) is 8.92. The van der Waals surface area contributed by atoms with Crippen LogP contribution in [0, 0.1) is 0 Å². The number of piperidine rings is 1. The maximum Gasteiger partial charge on any atom is 0.236 e. The maximum absolute atomic E-state index is 12.6. The summed E-state index contributed by atoms with van der Waals surface area (Å²) < 4.78 is 26.7. The first-order chi connectivity index (χ1) is 14.1. The first-order valence-electron chi connectivity index (χ1n) is 10.2. The van der Waals surface area contributed by atoms with Crippen molar-refractivity contribution in [2.75, 3.05) is 49.1 Å². The van der Waals surface area contributed by atoms with Gasteiger partial charge in [-0.2, -0.15) is 4.31 Å². The first-order valence-corrected chi connectivity index (χ1v) is 11.7. The normalized spacial score (nSPS) is 19.0. The van der Waals surface area contributed by atoms with Gasteiger partial charge in [0.25, 0.3) is 0 Å². The maximum atomic E-state index is 12.6. The molecule has 2 fully saturated rings. The summed E-state index contributed by atoms with van der Waals surface area (Å²) in [5.74, 6) is 1.74. The Bertz CT molecular complexity index is 917. The Hall–Kier alpha value is -2.45. The van der Waals surface area contributed by atoms with Crippen molar-refractivity contribution < 1.29 is 8.42 Å². The number of rotatable bonds is 5. The van der Waals surface area contributed by atoms with Crippen molar-refractivity contribution in [3.05, 3.63) is 53.4 Å². The number of hydrogen-bond acceptors (Lipinski definition) is 6. The molecule has 2 aliphatic rings. The molecule has 2 aromatic rings. The van der Waals surface area contributed by atoms with Gasteiger partial charge in [-0.3, -0.25) is 0 Å². The molecule has 0 unspecified atom stereocenters. The second-order valence-corrected chi connectivity index (χ2v) is 9.26. The molecule has 0 N–H and O–H groups in total. The topological polar surface area (TPSA) is 69.6 Å². The van der Waals surface area contributed by atoms with Gasteiger partial charge in [-0.05, 0) is 43.0 Å². The van der Waals surface area contributed by atoms with Gasteiger partial charge in [0.2, 0.25) is 10.0 Å². The smallest absolute Gasteiger partial charge is 0.236 e. The monoisotopic (exact) mass is 413 g/mol. The van der Waals surface area contributed by atoms with Crippen LogP contribution in [-0.2, 0) is 10.0 Å². The van der Waals surface area contributed by atoms with E-state index in [1.165, 1.54) is 29.0 Å². The van der Waals surface area contributed by atoms with E-state index >= 15 is 0 Å². The van der Waals surface area contributed by atoms with E-state index < -0.39 is 10.0 Å². The fourth-order valence-corrected chi connectivity index (χ4v) is 4.94. The molecule has 154 valence electrons. The Balaban J connectivity index is 1.34. The lowest BCUT2D eigenvalue weighted by Crippen LogP contribution is -2.48. The number of piperazine rings is 1. The lowest BCUT2D eigenvalue weighted by Gasteiger charge is -2.34. The summed E-state index contributed by atoms with van der Waals surface area (Å²) in [5, 5.41) is 10.1. The fourth-order valence-electron chi connectivity index (χ4n) is 3.76. The predicted octanol–water partition coefficient (Wildman–Crippen LogP) is 2.59. The zero-order valence-corrected chi connectivity index (χ0v) is 17.3. The quantitative estimate of drug-likeness (QED) is 0.750. The van der Waals surface area contributed by atoms with Gasteiger partial charge in [0, 0.05) is 44.7 Å². The molecular formula is C21H27N5O2S. The average molecular weight is 414 g/mol. The Kier molecular flexibility index (Phi) is 6.10. The van der Waals surface area contributed by atoms with E-state index in [-0.39, 0.29) is 0 Å². The van der Waals surface area contributed by atoms with Crippen molar-refractivity contribution >= 4 is 27.7 Å². The van der Waals surface area contributed by atoms with E-state index in [1.54, 1.807) is 6.08 Å². The van der Waals surface area contributed by atoms with Gasteiger partial charge >= 0.3 is 0 Å². The average Bonchev–Trinajstić information content (AvgIpc) is 2.79. The number of benzene rings is 1. The summed E-state index contributed by atoms with van der Waals surface area (Å²) in [4.78, 5) is 4.38. The summed E-state index contributed by atoms with van der Waals surface area (Å²) >= 11 is 0. The second-order valence-electron chi connectivity index (χ2n) is 7.44. The van der Waals surface area contributed by atoms with E-state index in [9.17, 15) is 8.42 Å². The Morgan fingerprint density at radius 1 is 0.724 bits per heavy atom. The van der Waals surface area contributed by atoms with Crippen LogP contribution >= 0.6 is 0 Å². The summed E-state index contributed by atoms with van der Waals surface area (Å²) in [5.41, 5.74) is 0.874. The van der Waals surface area contributed by atoms with Gasteiger partial charge in [0.15, 0.2) is 11.6 Å². The highest BCUT2D eigenvalue weighted by Crippen LogP contribution is 2.20. The largest absolute Gasteiger partial charge is 0.355 e. The SMILES string of the molecule is O=S(=O)(/C=C/c1ccccc1)N1CCN(c2ccc(N3CCCCC3)nn2)CC1. The highest BCUT2D eigenvalue weighted by atomic mass is 32.2. The zero-order chi connectivity index (χ0) is 20.1. The Morgan fingerprint density at radius 3 is 1.90 bits per heavy atom. The van der Waals surface area contributed by atoms with Crippen LogP contribution in [-0.4, -0.2) is 62.2 Å². The molecule has 0 amide bonds. The van der Waals surface area contributed by atoms with Gasteiger partial charge < -0.3 is 9.80 Å². The summed E-state index contributed by atoms with van der Waals surface area (Å²) in [6.07, 6.45) is 5.35. The first kappa shape index (κ1) is 19.8. The van der Waals surface area contributed by atoms with Gasteiger partial charge in [-0.15, -0.1) is 10.2 Å². The molecule has 1 aromatic carbocycles. The number of nitrogens with zero attached hydrogens (tertiary/aromatic N) is 5. The van der Waals surface area contributed by atoms with Crippen molar-refractivity contribution in [2.24, 2.45) is 0 Å². The molecule has 3 heterocycles. The molecule has 8 heteroatoms. The molecule has 0 radical (unpaired) electrons. The molecule has 1 aromatic heterocycles. The molecule has 0 bridgehead atoms. The van der Waals surface area contributed by atoms with Crippen molar-refractivity contribution in [1.82, 2.24) is 14.5 Å². The highest BCUT2D eigenvalue weighted by molar-refractivity contribution is 7.92. The molecule has 0 atom stereocenters. The van der Waals surface area contributed by atoms with Crippen molar-refractivity contribution in [3.63, 3.8) is 0 Å². The predicted molar refractivity (Wildman–Crippen MR) is 116 cm³/mol. The van der Waals surface area contributed by atoms with Gasteiger partial charge in [0.1, 0.15) is 0 Å². The molecule has 7 nitrogen and oxygen atoms in total. The van der Waals surface area contributed by atoms with Crippen LogP contribution in [0.15, 0.2) is 47.9 Å². The van der Waals surface area contributed by atoms with Crippen LogP contribution in [0.3, 0.4) is 0 Å². The number of aromatic nitrogens is 2. The minimum Gasteiger partial charge on any atom is -0.355 e. The Morgan fingerprint density at radius 2 is 1.31 bits per heavy atom. The van der Waals surface area contributed by atoms with Crippen LogP contribution in [0.4, 0.5) is 11.6 Å². The van der Waals surface area contributed by atoms with Crippen molar-refractivity contribution in [3.8, 4) is 0 Å². The summed E-state index contributed by atoms with van der Waals surface area (Å²) in [7, 11) is -3.42. The molecule has 0 aliphatic carbocycles. The lowest BCUT2D eigenvalue weighted by atomic mass is 10.1. The third kappa shape index (κ3) is 4.94. The van der Waals surface area contributed by atoms with E-state index in [0.717, 1.165) is 30.3 Å². The van der Waals surface area contributed by atoms with Gasteiger partial charge in [0.05, 0.1) is 0 Å². The third-order valence-corrected chi connectivity index (χ3v) is 7.04. The molecule has 29 heavy (non-hydrogen) atoms. The number of anilines is 2. The van der Waals surface area contributed by atoms with Gasteiger partial charge in [-0.25, -0.2) is 8.42 Å². The van der Waals surface area contributed by atoms with Crippen LogP contribution in [0.25, 0.3) is 6.08 Å². The van der Waals surface area contributed by atoms with Crippen LogP contribution in [0.5, 0.6) is 0 Å². The number of hydrogen-bond donors (Lipinski definition) is 0.